The van der Waals surface area contributed by atoms with Crippen LogP contribution in [0.1, 0.15) is 5.56 Å². The van der Waals surface area contributed by atoms with E-state index < -0.39 is 0 Å². The Hall–Kier alpha value is -2.37. The molecule has 0 saturated carbocycles. The van der Waals surface area contributed by atoms with Gasteiger partial charge in [-0.05, 0) is 46.2 Å². The summed E-state index contributed by atoms with van der Waals surface area (Å²) in [6.45, 7) is 0.674. The number of rotatable bonds is 4. The van der Waals surface area contributed by atoms with Crippen LogP contribution in [-0.4, -0.2) is 14.6 Å². The summed E-state index contributed by atoms with van der Waals surface area (Å²) < 4.78 is 1.83. The van der Waals surface area contributed by atoms with Crippen LogP contribution in [-0.2, 0) is 6.54 Å². The molecule has 6 heteroatoms. The third kappa shape index (κ3) is 2.81. The number of nitrogens with zero attached hydrogens (tertiary/aromatic N) is 3. The molecule has 0 radical (unpaired) electrons. The zero-order valence-electron chi connectivity index (χ0n) is 12.1. The van der Waals surface area contributed by atoms with Crippen molar-refractivity contribution in [1.82, 2.24) is 14.6 Å². The molecule has 114 valence electrons. The fourth-order valence-corrected chi connectivity index (χ4v) is 3.36. The fraction of sp³-hybridized carbons (Fsp3) is 0.0588. The van der Waals surface area contributed by atoms with Gasteiger partial charge in [-0.15, -0.1) is 0 Å². The van der Waals surface area contributed by atoms with Crippen LogP contribution in [0.3, 0.4) is 0 Å². The maximum atomic E-state index is 6.03. The minimum absolute atomic E-state index is 0.674. The molecule has 0 aliphatic heterocycles. The van der Waals surface area contributed by atoms with Crippen molar-refractivity contribution in [3.63, 3.8) is 0 Å². The number of anilines is 1. The molecule has 0 spiro atoms. The molecule has 0 atom stereocenters. The molecule has 1 N–H and O–H groups in total. The van der Waals surface area contributed by atoms with Crippen molar-refractivity contribution in [3.8, 4) is 11.1 Å². The number of benzene rings is 1. The smallest absolute Gasteiger partial charge is 0.165 e. The van der Waals surface area contributed by atoms with Gasteiger partial charge < -0.3 is 5.32 Å². The van der Waals surface area contributed by atoms with Crippen molar-refractivity contribution in [2.45, 2.75) is 6.54 Å². The Kier molecular flexibility index (Phi) is 3.73. The highest BCUT2D eigenvalue weighted by Gasteiger charge is 2.10. The van der Waals surface area contributed by atoms with Gasteiger partial charge in [-0.1, -0.05) is 23.7 Å². The SMILES string of the molecule is Clc1cccc(CNc2ccnc3c(-c4ccsc4)cnn23)c1. The van der Waals surface area contributed by atoms with E-state index in [0.29, 0.717) is 6.54 Å². The molecule has 3 heterocycles. The fourth-order valence-electron chi connectivity index (χ4n) is 2.49. The number of hydrogen-bond acceptors (Lipinski definition) is 4. The van der Waals surface area contributed by atoms with Crippen LogP contribution in [0.2, 0.25) is 5.02 Å². The molecule has 4 aromatic rings. The van der Waals surface area contributed by atoms with Gasteiger partial charge in [-0.25, -0.2) is 4.98 Å². The van der Waals surface area contributed by atoms with Crippen LogP contribution in [0.5, 0.6) is 0 Å². The normalized spacial score (nSPS) is 11.0. The van der Waals surface area contributed by atoms with E-state index in [-0.39, 0.29) is 0 Å². The molecule has 0 aliphatic rings. The van der Waals surface area contributed by atoms with Crippen LogP contribution in [0, 0.1) is 0 Å². The van der Waals surface area contributed by atoms with Crippen LogP contribution in [0.4, 0.5) is 5.82 Å². The molecular weight excluding hydrogens is 328 g/mol. The molecule has 0 bridgehead atoms. The van der Waals surface area contributed by atoms with Gasteiger partial charge in [-0.2, -0.15) is 21.0 Å². The summed E-state index contributed by atoms with van der Waals surface area (Å²) in [5.41, 5.74) is 4.15. The number of fused-ring (bicyclic) bond motifs is 1. The number of nitrogens with one attached hydrogen (secondary N) is 1. The van der Waals surface area contributed by atoms with Gasteiger partial charge in [0.05, 0.1) is 6.20 Å². The summed E-state index contributed by atoms with van der Waals surface area (Å²) >= 11 is 7.69. The van der Waals surface area contributed by atoms with E-state index in [9.17, 15) is 0 Å². The monoisotopic (exact) mass is 340 g/mol. The van der Waals surface area contributed by atoms with Gasteiger partial charge in [0.25, 0.3) is 0 Å². The second-order valence-corrected chi connectivity index (χ2v) is 6.34. The summed E-state index contributed by atoms with van der Waals surface area (Å²) in [6, 6.07) is 11.8. The lowest BCUT2D eigenvalue weighted by molar-refractivity contribution is 0.925. The summed E-state index contributed by atoms with van der Waals surface area (Å²) in [6.07, 6.45) is 3.65. The van der Waals surface area contributed by atoms with Gasteiger partial charge in [0.15, 0.2) is 5.65 Å². The van der Waals surface area contributed by atoms with Crippen molar-refractivity contribution in [2.24, 2.45) is 0 Å². The second-order valence-electron chi connectivity index (χ2n) is 5.12. The third-order valence-electron chi connectivity index (χ3n) is 3.60. The molecule has 23 heavy (non-hydrogen) atoms. The lowest BCUT2D eigenvalue weighted by Crippen LogP contribution is -2.05. The van der Waals surface area contributed by atoms with Gasteiger partial charge in [0.2, 0.25) is 0 Å². The van der Waals surface area contributed by atoms with Crippen molar-refractivity contribution < 1.29 is 0 Å². The summed E-state index contributed by atoms with van der Waals surface area (Å²) in [4.78, 5) is 4.47. The van der Waals surface area contributed by atoms with Crippen LogP contribution < -0.4 is 5.32 Å². The van der Waals surface area contributed by atoms with E-state index in [2.05, 4.69) is 32.2 Å². The number of hydrogen-bond donors (Lipinski definition) is 1. The quantitative estimate of drug-likeness (QED) is 0.584. The molecule has 0 unspecified atom stereocenters. The molecule has 4 rings (SSSR count). The topological polar surface area (TPSA) is 42.2 Å². The Morgan fingerprint density at radius 1 is 1.22 bits per heavy atom. The van der Waals surface area contributed by atoms with E-state index in [4.69, 9.17) is 11.6 Å². The van der Waals surface area contributed by atoms with Crippen LogP contribution >= 0.6 is 22.9 Å². The minimum atomic E-state index is 0.674. The molecule has 0 amide bonds. The van der Waals surface area contributed by atoms with Gasteiger partial charge in [-0.3, -0.25) is 0 Å². The predicted octanol–water partition coefficient (Wildman–Crippen LogP) is 4.72. The molecule has 0 aliphatic carbocycles. The summed E-state index contributed by atoms with van der Waals surface area (Å²) in [5, 5.41) is 12.8. The van der Waals surface area contributed by atoms with E-state index in [0.717, 1.165) is 33.2 Å². The standard InChI is InChI=1S/C17H13ClN4S/c18-14-3-1-2-12(8-14)9-20-16-4-6-19-17-15(10-21-22(16)17)13-5-7-23-11-13/h1-8,10-11,20H,9H2. The summed E-state index contributed by atoms with van der Waals surface area (Å²) in [5.74, 6) is 0.899. The van der Waals surface area contributed by atoms with Crippen LogP contribution in [0.25, 0.3) is 16.8 Å². The lowest BCUT2D eigenvalue weighted by atomic mass is 10.2. The van der Waals surface area contributed by atoms with Gasteiger partial charge in [0.1, 0.15) is 5.82 Å². The molecular formula is C17H13ClN4S. The maximum absolute atomic E-state index is 6.03. The maximum Gasteiger partial charge on any atom is 0.165 e. The van der Waals surface area contributed by atoms with Crippen molar-refractivity contribution in [2.75, 3.05) is 5.32 Å². The Morgan fingerprint density at radius 2 is 2.17 bits per heavy atom. The first-order valence-electron chi connectivity index (χ1n) is 7.15. The zero-order chi connectivity index (χ0) is 15.6. The van der Waals surface area contributed by atoms with E-state index in [1.54, 1.807) is 17.5 Å². The highest BCUT2D eigenvalue weighted by Crippen LogP contribution is 2.26. The molecule has 4 nitrogen and oxygen atoms in total. The minimum Gasteiger partial charge on any atom is -0.366 e. The Bertz CT molecular complexity index is 946. The van der Waals surface area contributed by atoms with Gasteiger partial charge in [0, 0.05) is 23.3 Å². The zero-order valence-corrected chi connectivity index (χ0v) is 13.7. The molecule has 3 aromatic heterocycles. The van der Waals surface area contributed by atoms with E-state index in [1.807, 2.05) is 41.0 Å². The number of aromatic nitrogens is 3. The first-order chi connectivity index (χ1) is 11.3. The molecule has 0 saturated heterocycles. The third-order valence-corrected chi connectivity index (χ3v) is 4.51. The first-order valence-corrected chi connectivity index (χ1v) is 8.47. The van der Waals surface area contributed by atoms with Gasteiger partial charge >= 0.3 is 0 Å². The Balaban J connectivity index is 1.66. The van der Waals surface area contributed by atoms with E-state index in [1.165, 1.54) is 0 Å². The first kappa shape index (κ1) is 14.2. The van der Waals surface area contributed by atoms with E-state index >= 15 is 0 Å². The lowest BCUT2D eigenvalue weighted by Gasteiger charge is -2.08. The average molecular weight is 341 g/mol. The molecule has 0 fully saturated rings. The van der Waals surface area contributed by atoms with Crippen molar-refractivity contribution in [1.29, 1.82) is 0 Å². The highest BCUT2D eigenvalue weighted by atomic mass is 35.5. The molecule has 1 aromatic carbocycles. The average Bonchev–Trinajstić information content (AvgIpc) is 3.22. The Morgan fingerprint density at radius 3 is 3.00 bits per heavy atom. The number of halogens is 1. The van der Waals surface area contributed by atoms with Crippen molar-refractivity contribution in [3.05, 3.63) is 70.1 Å². The van der Waals surface area contributed by atoms with Crippen LogP contribution in [0.15, 0.2) is 59.6 Å². The summed E-state index contributed by atoms with van der Waals surface area (Å²) in [7, 11) is 0. The largest absolute Gasteiger partial charge is 0.366 e. The predicted molar refractivity (Wildman–Crippen MR) is 95.1 cm³/mol. The Labute approximate surface area is 142 Å². The highest BCUT2D eigenvalue weighted by molar-refractivity contribution is 7.08. The number of thiophene rings is 1. The second kappa shape index (κ2) is 6.02. The van der Waals surface area contributed by atoms with Crippen molar-refractivity contribution >= 4 is 34.4 Å².